The third kappa shape index (κ3) is 3.02. The van der Waals surface area contributed by atoms with Crippen molar-refractivity contribution < 1.29 is 31.1 Å². The SMILES string of the molecule is CCC(=O)c1ccc(C(F)(F)F)c(C(F)(F)F)c1. The van der Waals surface area contributed by atoms with Gasteiger partial charge in [-0.25, -0.2) is 0 Å². The lowest BCUT2D eigenvalue weighted by atomic mass is 10.00. The first-order chi connectivity index (χ1) is 8.07. The van der Waals surface area contributed by atoms with Crippen LogP contribution < -0.4 is 0 Å². The zero-order valence-electron chi connectivity index (χ0n) is 9.12. The minimum absolute atomic E-state index is 0.0807. The number of carbonyl (C=O) groups excluding carboxylic acids is 1. The van der Waals surface area contributed by atoms with E-state index in [2.05, 4.69) is 0 Å². The molecule has 1 aromatic carbocycles. The molecule has 0 radical (unpaired) electrons. The number of halogens is 6. The van der Waals surface area contributed by atoms with Crippen molar-refractivity contribution in [2.45, 2.75) is 25.7 Å². The van der Waals surface area contributed by atoms with Crippen LogP contribution in [0.3, 0.4) is 0 Å². The first kappa shape index (κ1) is 14.5. The summed E-state index contributed by atoms with van der Waals surface area (Å²) < 4.78 is 74.8. The van der Waals surface area contributed by atoms with E-state index in [1.165, 1.54) is 6.92 Å². The first-order valence-corrected chi connectivity index (χ1v) is 4.89. The highest BCUT2D eigenvalue weighted by Crippen LogP contribution is 2.40. The Hall–Kier alpha value is -1.53. The van der Waals surface area contributed by atoms with Crippen molar-refractivity contribution in [2.24, 2.45) is 0 Å². The molecule has 0 aliphatic rings. The molecule has 7 heteroatoms. The van der Waals surface area contributed by atoms with Gasteiger partial charge in [0.15, 0.2) is 5.78 Å². The minimum atomic E-state index is -5.16. The monoisotopic (exact) mass is 270 g/mol. The largest absolute Gasteiger partial charge is 0.417 e. The second-order valence-corrected chi connectivity index (χ2v) is 3.53. The number of Topliss-reactive ketones (excluding diaryl/α,β-unsaturated/α-hetero) is 1. The molecule has 0 fully saturated rings. The van der Waals surface area contributed by atoms with Crippen molar-refractivity contribution in [1.82, 2.24) is 0 Å². The molecule has 0 saturated heterocycles. The van der Waals surface area contributed by atoms with Crippen LogP contribution in [0, 0.1) is 0 Å². The Morgan fingerprint density at radius 3 is 1.89 bits per heavy atom. The molecule has 0 amide bonds. The van der Waals surface area contributed by atoms with Crippen LogP contribution in [0.5, 0.6) is 0 Å². The molecule has 0 aromatic heterocycles. The third-order valence-electron chi connectivity index (χ3n) is 2.27. The number of alkyl halides is 6. The fourth-order valence-electron chi connectivity index (χ4n) is 1.40. The molecule has 0 heterocycles. The fraction of sp³-hybridized carbons (Fsp3) is 0.364. The van der Waals surface area contributed by atoms with E-state index in [4.69, 9.17) is 0 Å². The Labute approximate surface area is 98.4 Å². The van der Waals surface area contributed by atoms with Crippen molar-refractivity contribution in [3.05, 3.63) is 34.9 Å². The van der Waals surface area contributed by atoms with Crippen molar-refractivity contribution in [3.63, 3.8) is 0 Å². The van der Waals surface area contributed by atoms with Gasteiger partial charge in [0.2, 0.25) is 0 Å². The molecule has 0 atom stereocenters. The lowest BCUT2D eigenvalue weighted by Gasteiger charge is -2.16. The van der Waals surface area contributed by atoms with E-state index >= 15 is 0 Å². The summed E-state index contributed by atoms with van der Waals surface area (Å²) in [4.78, 5) is 11.2. The summed E-state index contributed by atoms with van der Waals surface area (Å²) >= 11 is 0. The van der Waals surface area contributed by atoms with Gasteiger partial charge in [0.25, 0.3) is 0 Å². The van der Waals surface area contributed by atoms with Gasteiger partial charge in [-0.15, -0.1) is 0 Å². The van der Waals surface area contributed by atoms with E-state index in [-0.39, 0.29) is 24.1 Å². The Morgan fingerprint density at radius 1 is 1.00 bits per heavy atom. The molecule has 18 heavy (non-hydrogen) atoms. The highest BCUT2D eigenvalue weighted by molar-refractivity contribution is 5.96. The van der Waals surface area contributed by atoms with Crippen LogP contribution in [0.1, 0.15) is 34.8 Å². The summed E-state index contributed by atoms with van der Waals surface area (Å²) in [5.74, 6) is -0.644. The van der Waals surface area contributed by atoms with Gasteiger partial charge in [-0.2, -0.15) is 26.3 Å². The average Bonchev–Trinajstić information content (AvgIpc) is 2.24. The number of hydrogen-bond acceptors (Lipinski definition) is 1. The van der Waals surface area contributed by atoms with Crippen LogP contribution in [0.4, 0.5) is 26.3 Å². The molecular weight excluding hydrogens is 262 g/mol. The Balaban J connectivity index is 3.45. The van der Waals surface area contributed by atoms with Crippen LogP contribution in [-0.4, -0.2) is 5.78 Å². The summed E-state index contributed by atoms with van der Waals surface area (Å²) in [6, 6.07) is 1.28. The minimum Gasteiger partial charge on any atom is -0.294 e. The van der Waals surface area contributed by atoms with Crippen LogP contribution in [0.25, 0.3) is 0 Å². The zero-order valence-corrected chi connectivity index (χ0v) is 9.12. The summed E-state index contributed by atoms with van der Waals surface area (Å²) in [5, 5.41) is 0. The van der Waals surface area contributed by atoms with Gasteiger partial charge in [-0.05, 0) is 12.1 Å². The van der Waals surface area contributed by atoms with Gasteiger partial charge in [0.05, 0.1) is 11.1 Å². The standard InChI is InChI=1S/C11H8F6O/c1-2-9(18)6-3-4-7(10(12,13)14)8(5-6)11(15,16)17/h3-5H,2H2,1H3. The number of ketones is 1. The van der Waals surface area contributed by atoms with Crippen molar-refractivity contribution in [2.75, 3.05) is 0 Å². The lowest BCUT2D eigenvalue weighted by molar-refractivity contribution is -0.162. The lowest BCUT2D eigenvalue weighted by Crippen LogP contribution is -2.17. The van der Waals surface area contributed by atoms with Gasteiger partial charge < -0.3 is 0 Å². The Kier molecular flexibility index (Phi) is 3.73. The molecule has 0 bridgehead atoms. The fourth-order valence-corrected chi connectivity index (χ4v) is 1.40. The summed E-state index contributed by atoms with van der Waals surface area (Å²) in [6.07, 6.45) is -10.4. The van der Waals surface area contributed by atoms with Gasteiger partial charge >= 0.3 is 12.4 Å². The number of benzene rings is 1. The van der Waals surface area contributed by atoms with Crippen LogP contribution in [0.2, 0.25) is 0 Å². The van der Waals surface area contributed by atoms with E-state index in [0.29, 0.717) is 0 Å². The molecule has 0 unspecified atom stereocenters. The highest BCUT2D eigenvalue weighted by atomic mass is 19.4. The molecule has 100 valence electrons. The average molecular weight is 270 g/mol. The molecule has 0 spiro atoms. The number of carbonyl (C=O) groups is 1. The maximum atomic E-state index is 12.5. The van der Waals surface area contributed by atoms with Crippen molar-refractivity contribution in [1.29, 1.82) is 0 Å². The maximum Gasteiger partial charge on any atom is 0.417 e. The third-order valence-corrected chi connectivity index (χ3v) is 2.27. The van der Waals surface area contributed by atoms with E-state index in [1.807, 2.05) is 0 Å². The van der Waals surface area contributed by atoms with E-state index in [0.717, 1.165) is 6.07 Å². The summed E-state index contributed by atoms with van der Waals surface area (Å²) in [7, 11) is 0. The molecule has 0 aliphatic carbocycles. The van der Waals surface area contributed by atoms with Crippen molar-refractivity contribution >= 4 is 5.78 Å². The normalized spacial score (nSPS) is 12.6. The Bertz CT molecular complexity index is 458. The molecule has 0 N–H and O–H groups in total. The summed E-state index contributed by atoms with van der Waals surface area (Å²) in [6.45, 7) is 1.41. The second-order valence-electron chi connectivity index (χ2n) is 3.53. The second kappa shape index (κ2) is 4.62. The van der Waals surface area contributed by atoms with Crippen LogP contribution in [-0.2, 0) is 12.4 Å². The predicted octanol–water partition coefficient (Wildman–Crippen LogP) is 4.32. The van der Waals surface area contributed by atoms with E-state index in [1.54, 1.807) is 0 Å². The quantitative estimate of drug-likeness (QED) is 0.578. The smallest absolute Gasteiger partial charge is 0.294 e. The van der Waals surface area contributed by atoms with E-state index < -0.39 is 29.3 Å². The highest BCUT2D eigenvalue weighted by Gasteiger charge is 2.43. The van der Waals surface area contributed by atoms with Gasteiger partial charge in [-0.1, -0.05) is 13.0 Å². The number of rotatable bonds is 2. The number of hydrogen-bond donors (Lipinski definition) is 0. The summed E-state index contributed by atoms with van der Waals surface area (Å²) in [5.41, 5.74) is -4.00. The van der Waals surface area contributed by atoms with Crippen LogP contribution >= 0.6 is 0 Å². The first-order valence-electron chi connectivity index (χ1n) is 4.89. The zero-order chi connectivity index (χ0) is 14.1. The van der Waals surface area contributed by atoms with Gasteiger partial charge in [0, 0.05) is 12.0 Å². The molecule has 0 saturated carbocycles. The predicted molar refractivity (Wildman–Crippen MR) is 51.1 cm³/mol. The molecule has 0 aliphatic heterocycles. The van der Waals surface area contributed by atoms with Crippen molar-refractivity contribution in [3.8, 4) is 0 Å². The Morgan fingerprint density at radius 2 is 1.50 bits per heavy atom. The molecular formula is C11H8F6O. The molecule has 1 nitrogen and oxygen atoms in total. The molecule has 1 rings (SSSR count). The van der Waals surface area contributed by atoms with Gasteiger partial charge in [-0.3, -0.25) is 4.79 Å². The van der Waals surface area contributed by atoms with Gasteiger partial charge in [0.1, 0.15) is 0 Å². The van der Waals surface area contributed by atoms with Crippen LogP contribution in [0.15, 0.2) is 18.2 Å². The van der Waals surface area contributed by atoms with E-state index in [9.17, 15) is 31.1 Å². The maximum absolute atomic E-state index is 12.5. The topological polar surface area (TPSA) is 17.1 Å². The molecule has 1 aromatic rings.